The highest BCUT2D eigenvalue weighted by Gasteiger charge is 2.15. The molecule has 1 aliphatic heterocycles. The highest BCUT2D eigenvalue weighted by molar-refractivity contribution is 6.42. The van der Waals surface area contributed by atoms with Crippen LogP contribution in [0, 0.1) is 11.3 Å². The average Bonchev–Trinajstić information content (AvgIpc) is 2.87. The molecule has 1 fully saturated rings. The Morgan fingerprint density at radius 1 is 1.17 bits per heavy atom. The lowest BCUT2D eigenvalue weighted by Gasteiger charge is -2.15. The van der Waals surface area contributed by atoms with Gasteiger partial charge in [-0.3, -0.25) is 4.79 Å². The smallest absolute Gasteiger partial charge is 0.248 e. The maximum Gasteiger partial charge on any atom is 0.248 e. The van der Waals surface area contributed by atoms with Gasteiger partial charge in [0.25, 0.3) is 0 Å². The Balaban J connectivity index is 0.000000198. The predicted molar refractivity (Wildman–Crippen MR) is 94.4 cm³/mol. The van der Waals surface area contributed by atoms with Gasteiger partial charge < -0.3 is 15.0 Å². The van der Waals surface area contributed by atoms with Crippen molar-refractivity contribution in [2.75, 3.05) is 19.7 Å². The van der Waals surface area contributed by atoms with Crippen molar-refractivity contribution in [2.45, 2.75) is 12.5 Å². The number of pyridine rings is 1. The van der Waals surface area contributed by atoms with Crippen molar-refractivity contribution < 1.29 is 4.74 Å². The average molecular weight is 366 g/mol. The van der Waals surface area contributed by atoms with Gasteiger partial charge in [0.05, 0.1) is 22.8 Å². The monoisotopic (exact) mass is 365 g/mol. The van der Waals surface area contributed by atoms with Gasteiger partial charge in [0.1, 0.15) is 11.8 Å². The number of nitrogens with zero attached hydrogens (tertiary/aromatic N) is 1. The molecule has 3 rings (SSSR count). The summed E-state index contributed by atoms with van der Waals surface area (Å²) in [6, 6.07) is 11.9. The van der Waals surface area contributed by atoms with E-state index in [9.17, 15) is 4.79 Å². The summed E-state index contributed by atoms with van der Waals surface area (Å²) in [4.78, 5) is 12.8. The van der Waals surface area contributed by atoms with E-state index in [1.807, 2.05) is 24.3 Å². The van der Waals surface area contributed by atoms with E-state index in [4.69, 9.17) is 33.2 Å². The van der Waals surface area contributed by atoms with Crippen molar-refractivity contribution in [3.8, 4) is 6.07 Å². The molecule has 1 aromatic carbocycles. The third-order valence-electron chi connectivity index (χ3n) is 3.39. The first-order valence-corrected chi connectivity index (χ1v) is 8.22. The van der Waals surface area contributed by atoms with Crippen LogP contribution in [0.3, 0.4) is 0 Å². The summed E-state index contributed by atoms with van der Waals surface area (Å²) in [6.07, 6.45) is 1.10. The molecular formula is C17H17Cl2N3O2. The number of nitrogens with one attached hydrogen (secondary N) is 2. The molecular weight excluding hydrogens is 349 g/mol. The number of aromatic nitrogens is 1. The van der Waals surface area contributed by atoms with E-state index in [-0.39, 0.29) is 11.7 Å². The molecule has 0 bridgehead atoms. The fourth-order valence-electron chi connectivity index (χ4n) is 2.20. The van der Waals surface area contributed by atoms with E-state index in [0.717, 1.165) is 31.7 Å². The number of hydrogen-bond acceptors (Lipinski definition) is 4. The molecule has 1 unspecified atom stereocenters. The van der Waals surface area contributed by atoms with Gasteiger partial charge in [0.15, 0.2) is 0 Å². The van der Waals surface area contributed by atoms with Crippen molar-refractivity contribution in [1.29, 1.82) is 5.26 Å². The molecule has 5 nitrogen and oxygen atoms in total. The lowest BCUT2D eigenvalue weighted by Crippen LogP contribution is -2.16. The lowest BCUT2D eigenvalue weighted by molar-refractivity contribution is 0.0644. The first-order chi connectivity index (χ1) is 11.6. The van der Waals surface area contributed by atoms with Gasteiger partial charge in [0.2, 0.25) is 5.56 Å². The molecule has 0 radical (unpaired) electrons. The number of hydrogen-bond donors (Lipinski definition) is 2. The number of rotatable bonds is 1. The van der Waals surface area contributed by atoms with Crippen LogP contribution in [0.2, 0.25) is 10.0 Å². The molecule has 0 amide bonds. The Morgan fingerprint density at radius 2 is 2.00 bits per heavy atom. The molecule has 0 spiro atoms. The maximum atomic E-state index is 10.4. The van der Waals surface area contributed by atoms with E-state index < -0.39 is 0 Å². The van der Waals surface area contributed by atoms with Crippen LogP contribution in [0.25, 0.3) is 0 Å². The Labute approximate surface area is 150 Å². The molecule has 1 saturated heterocycles. The third-order valence-corrected chi connectivity index (χ3v) is 4.12. The fraction of sp³-hybridized carbons (Fsp3) is 0.294. The van der Waals surface area contributed by atoms with Crippen molar-refractivity contribution in [3.63, 3.8) is 0 Å². The zero-order valence-corrected chi connectivity index (χ0v) is 14.4. The SMILES string of the molecule is Clc1ccc(C2CCNCCO2)cc1Cl.N#Cc1cccc(=O)[nH]1. The van der Waals surface area contributed by atoms with E-state index in [1.165, 1.54) is 12.1 Å². The molecule has 24 heavy (non-hydrogen) atoms. The van der Waals surface area contributed by atoms with Crippen LogP contribution in [0.1, 0.15) is 23.8 Å². The van der Waals surface area contributed by atoms with Crippen LogP contribution in [-0.4, -0.2) is 24.7 Å². The predicted octanol–water partition coefficient (Wildman–Crippen LogP) is 3.29. The number of H-pyrrole nitrogens is 1. The highest BCUT2D eigenvalue weighted by atomic mass is 35.5. The molecule has 126 valence electrons. The Hall–Kier alpha value is -1.84. The molecule has 2 aromatic rings. The molecule has 1 aromatic heterocycles. The van der Waals surface area contributed by atoms with Crippen LogP contribution in [0.4, 0.5) is 0 Å². The molecule has 2 N–H and O–H groups in total. The van der Waals surface area contributed by atoms with Gasteiger partial charge >= 0.3 is 0 Å². The molecule has 1 atom stereocenters. The maximum absolute atomic E-state index is 10.4. The minimum Gasteiger partial charge on any atom is -0.372 e. The van der Waals surface area contributed by atoms with E-state index >= 15 is 0 Å². The summed E-state index contributed by atoms with van der Waals surface area (Å²) in [5.41, 5.74) is 1.16. The number of halogens is 2. The minimum atomic E-state index is -0.242. The molecule has 0 saturated carbocycles. The van der Waals surface area contributed by atoms with Crippen molar-refractivity contribution in [3.05, 3.63) is 68.1 Å². The largest absolute Gasteiger partial charge is 0.372 e. The van der Waals surface area contributed by atoms with Gasteiger partial charge in [-0.2, -0.15) is 5.26 Å². The van der Waals surface area contributed by atoms with Gasteiger partial charge in [-0.05, 0) is 36.7 Å². The van der Waals surface area contributed by atoms with Gasteiger partial charge in [-0.25, -0.2) is 0 Å². The number of ether oxygens (including phenoxy) is 1. The van der Waals surface area contributed by atoms with Crippen LogP contribution in [0.15, 0.2) is 41.2 Å². The van der Waals surface area contributed by atoms with Crippen LogP contribution in [-0.2, 0) is 4.74 Å². The lowest BCUT2D eigenvalue weighted by atomic mass is 10.1. The summed E-state index contributed by atoms with van der Waals surface area (Å²) < 4.78 is 5.72. The second-order valence-corrected chi connectivity index (χ2v) is 5.93. The summed E-state index contributed by atoms with van der Waals surface area (Å²) in [5.74, 6) is 0. The number of aromatic amines is 1. The fourth-order valence-corrected chi connectivity index (χ4v) is 2.51. The normalized spacial score (nSPS) is 17.1. The van der Waals surface area contributed by atoms with Gasteiger partial charge in [0, 0.05) is 12.6 Å². The van der Waals surface area contributed by atoms with E-state index in [0.29, 0.717) is 15.7 Å². The van der Waals surface area contributed by atoms with Crippen molar-refractivity contribution in [2.24, 2.45) is 0 Å². The number of benzene rings is 1. The first-order valence-electron chi connectivity index (χ1n) is 7.47. The van der Waals surface area contributed by atoms with Crippen LogP contribution >= 0.6 is 23.2 Å². The Kier molecular flexibility index (Phi) is 7.29. The summed E-state index contributed by atoms with van der Waals surface area (Å²) in [6.45, 7) is 2.63. The van der Waals surface area contributed by atoms with Crippen LogP contribution in [0.5, 0.6) is 0 Å². The van der Waals surface area contributed by atoms with E-state index in [1.54, 1.807) is 6.07 Å². The minimum absolute atomic E-state index is 0.134. The summed E-state index contributed by atoms with van der Waals surface area (Å²) in [5, 5.41) is 12.7. The van der Waals surface area contributed by atoms with Crippen molar-refractivity contribution in [1.82, 2.24) is 10.3 Å². The summed E-state index contributed by atoms with van der Waals surface area (Å²) in [7, 11) is 0. The topological polar surface area (TPSA) is 77.9 Å². The standard InChI is InChI=1S/C11H13Cl2NO.C6H4N2O/c12-9-2-1-8(7-10(9)13)11-3-4-14-5-6-15-11;7-4-5-2-1-3-6(9)8-5/h1-2,7,11,14H,3-6H2;1-3H,(H,8,9). The third kappa shape index (κ3) is 5.66. The second kappa shape index (κ2) is 9.45. The Bertz CT molecular complexity index is 763. The zero-order valence-electron chi connectivity index (χ0n) is 12.9. The van der Waals surface area contributed by atoms with E-state index in [2.05, 4.69) is 10.3 Å². The quantitative estimate of drug-likeness (QED) is 0.812. The van der Waals surface area contributed by atoms with Crippen molar-refractivity contribution >= 4 is 23.2 Å². The Morgan fingerprint density at radius 3 is 2.67 bits per heavy atom. The highest BCUT2D eigenvalue weighted by Crippen LogP contribution is 2.29. The molecule has 0 aliphatic carbocycles. The number of nitriles is 1. The molecule has 2 heterocycles. The molecule has 7 heteroatoms. The zero-order chi connectivity index (χ0) is 17.4. The molecule has 1 aliphatic rings. The summed E-state index contributed by atoms with van der Waals surface area (Å²) >= 11 is 11.8. The first kappa shape index (κ1) is 18.5. The second-order valence-electron chi connectivity index (χ2n) is 5.11. The van der Waals surface area contributed by atoms with Gasteiger partial charge in [-0.1, -0.05) is 35.3 Å². The van der Waals surface area contributed by atoms with Crippen LogP contribution < -0.4 is 10.9 Å². The van der Waals surface area contributed by atoms with Gasteiger partial charge in [-0.15, -0.1) is 0 Å².